The van der Waals surface area contributed by atoms with Crippen molar-refractivity contribution in [3.8, 4) is 0 Å². The number of rotatable bonds is 5. The van der Waals surface area contributed by atoms with Gasteiger partial charge in [-0.3, -0.25) is 14.7 Å². The molecule has 20 heavy (non-hydrogen) atoms. The molecule has 2 rings (SSSR count). The van der Waals surface area contributed by atoms with E-state index in [0.717, 1.165) is 29.4 Å². The molecule has 0 radical (unpaired) electrons. The Balaban J connectivity index is 2.22. The molecule has 6 heteroatoms. The first kappa shape index (κ1) is 15.4. The van der Waals surface area contributed by atoms with Crippen molar-refractivity contribution in [1.82, 2.24) is 15.2 Å². The van der Waals surface area contributed by atoms with Gasteiger partial charge in [0.25, 0.3) is 0 Å². The van der Waals surface area contributed by atoms with E-state index in [9.17, 15) is 4.79 Å². The first-order valence-electron chi connectivity index (χ1n) is 6.68. The number of likely N-dealkylation sites (N-methyl/N-ethyl adjacent to an activating group) is 1. The molecule has 0 aliphatic carbocycles. The summed E-state index contributed by atoms with van der Waals surface area (Å²) in [5.74, 6) is 0.0276. The third kappa shape index (κ3) is 3.02. The second-order valence-corrected chi connectivity index (χ2v) is 6.00. The summed E-state index contributed by atoms with van der Waals surface area (Å²) < 4.78 is 6.27. The van der Waals surface area contributed by atoms with Crippen LogP contribution in [0.15, 0.2) is 22.9 Å². The molecule has 1 aliphatic rings. The predicted molar refractivity (Wildman–Crippen MR) is 80.3 cm³/mol. The number of carbonyl (C=O) groups excluding carboxylic acids is 1. The first-order chi connectivity index (χ1) is 9.62. The molecule has 1 unspecified atom stereocenters. The van der Waals surface area contributed by atoms with Crippen LogP contribution in [0.1, 0.15) is 18.4 Å². The van der Waals surface area contributed by atoms with E-state index in [1.165, 1.54) is 0 Å². The smallest absolute Gasteiger partial charge is 0.242 e. The lowest BCUT2D eigenvalue weighted by Crippen LogP contribution is -2.57. The Morgan fingerprint density at radius 1 is 1.60 bits per heavy atom. The number of methoxy groups -OCH3 is 1. The summed E-state index contributed by atoms with van der Waals surface area (Å²) in [5.41, 5.74) is 0.525. The Hall–Kier alpha value is -0.980. The number of amides is 1. The number of halogens is 1. The number of ether oxygens (including phenoxy) is 1. The van der Waals surface area contributed by atoms with Gasteiger partial charge < -0.3 is 10.1 Å². The maximum atomic E-state index is 12.3. The Bertz CT molecular complexity index is 483. The standard InChI is InChI=1S/C14H20BrN3O2/c1-16-13(19)14(10-20-2)4-3-5-18(14)9-11-6-12(15)8-17-7-11/h6-8H,3-5,9-10H2,1-2H3,(H,16,19). The van der Waals surface area contributed by atoms with Gasteiger partial charge in [0, 0.05) is 37.6 Å². The highest BCUT2D eigenvalue weighted by molar-refractivity contribution is 9.10. The maximum Gasteiger partial charge on any atom is 0.242 e. The van der Waals surface area contributed by atoms with E-state index in [2.05, 4.69) is 31.1 Å². The van der Waals surface area contributed by atoms with Crippen LogP contribution in [-0.2, 0) is 16.1 Å². The highest BCUT2D eigenvalue weighted by Crippen LogP contribution is 2.31. The second-order valence-electron chi connectivity index (χ2n) is 5.08. The minimum atomic E-state index is -0.564. The van der Waals surface area contributed by atoms with Crippen molar-refractivity contribution in [2.24, 2.45) is 0 Å². The minimum Gasteiger partial charge on any atom is -0.382 e. The summed E-state index contributed by atoms with van der Waals surface area (Å²) in [7, 11) is 3.32. The predicted octanol–water partition coefficient (Wildman–Crippen LogP) is 1.57. The zero-order chi connectivity index (χ0) is 14.6. The van der Waals surface area contributed by atoms with Crippen LogP contribution in [0.25, 0.3) is 0 Å². The van der Waals surface area contributed by atoms with E-state index in [-0.39, 0.29) is 5.91 Å². The zero-order valence-corrected chi connectivity index (χ0v) is 13.4. The summed E-state index contributed by atoms with van der Waals surface area (Å²) in [5, 5.41) is 2.77. The fraction of sp³-hybridized carbons (Fsp3) is 0.571. The third-order valence-corrected chi connectivity index (χ3v) is 4.23. The quantitative estimate of drug-likeness (QED) is 0.883. The number of pyridine rings is 1. The third-order valence-electron chi connectivity index (χ3n) is 3.79. The number of hydrogen-bond acceptors (Lipinski definition) is 4. The molecule has 2 heterocycles. The highest BCUT2D eigenvalue weighted by atomic mass is 79.9. The van der Waals surface area contributed by atoms with Gasteiger partial charge in [0.15, 0.2) is 0 Å². The van der Waals surface area contributed by atoms with Crippen LogP contribution in [0.4, 0.5) is 0 Å². The van der Waals surface area contributed by atoms with Gasteiger partial charge in [0.05, 0.1) is 6.61 Å². The fourth-order valence-corrected chi connectivity index (χ4v) is 3.30. The lowest BCUT2D eigenvalue weighted by molar-refractivity contribution is -0.135. The number of aromatic nitrogens is 1. The van der Waals surface area contributed by atoms with Crippen molar-refractivity contribution < 1.29 is 9.53 Å². The van der Waals surface area contributed by atoms with Crippen molar-refractivity contribution in [3.63, 3.8) is 0 Å². The van der Waals surface area contributed by atoms with Crippen LogP contribution in [0, 0.1) is 0 Å². The van der Waals surface area contributed by atoms with Crippen LogP contribution in [0.3, 0.4) is 0 Å². The summed E-state index contributed by atoms with van der Waals surface area (Å²) >= 11 is 3.43. The SMILES string of the molecule is CNC(=O)C1(COC)CCCN1Cc1cncc(Br)c1. The number of nitrogens with zero attached hydrogens (tertiary/aromatic N) is 2. The van der Waals surface area contributed by atoms with Crippen molar-refractivity contribution in [2.75, 3.05) is 27.3 Å². The number of likely N-dealkylation sites (tertiary alicyclic amines) is 1. The van der Waals surface area contributed by atoms with Gasteiger partial charge >= 0.3 is 0 Å². The van der Waals surface area contributed by atoms with E-state index in [0.29, 0.717) is 13.2 Å². The molecular weight excluding hydrogens is 322 g/mol. The van der Waals surface area contributed by atoms with Gasteiger partial charge in [-0.2, -0.15) is 0 Å². The monoisotopic (exact) mass is 341 g/mol. The van der Waals surface area contributed by atoms with Crippen molar-refractivity contribution in [2.45, 2.75) is 24.9 Å². The Morgan fingerprint density at radius 2 is 2.40 bits per heavy atom. The molecule has 1 aliphatic heterocycles. The molecule has 0 saturated carbocycles. The molecular formula is C14H20BrN3O2. The van der Waals surface area contributed by atoms with Gasteiger partial charge in [-0.15, -0.1) is 0 Å². The zero-order valence-electron chi connectivity index (χ0n) is 11.9. The topological polar surface area (TPSA) is 54.5 Å². The molecule has 1 saturated heterocycles. The van der Waals surface area contributed by atoms with Crippen LogP contribution in [0.2, 0.25) is 0 Å². The molecule has 5 nitrogen and oxygen atoms in total. The van der Waals surface area contributed by atoms with Gasteiger partial charge in [0.2, 0.25) is 5.91 Å². The molecule has 0 bridgehead atoms. The minimum absolute atomic E-state index is 0.0276. The summed E-state index contributed by atoms with van der Waals surface area (Å²) in [6.07, 6.45) is 5.42. The molecule has 0 spiro atoms. The lowest BCUT2D eigenvalue weighted by Gasteiger charge is -2.36. The van der Waals surface area contributed by atoms with Crippen LogP contribution >= 0.6 is 15.9 Å². The Labute approximate surface area is 127 Å². The summed E-state index contributed by atoms with van der Waals surface area (Å²) in [6, 6.07) is 2.03. The van der Waals surface area contributed by atoms with Crippen LogP contribution in [0.5, 0.6) is 0 Å². The van der Waals surface area contributed by atoms with E-state index in [4.69, 9.17) is 4.74 Å². The van der Waals surface area contributed by atoms with E-state index < -0.39 is 5.54 Å². The molecule has 1 N–H and O–H groups in total. The largest absolute Gasteiger partial charge is 0.382 e. The number of carbonyl (C=O) groups is 1. The van der Waals surface area contributed by atoms with Gasteiger partial charge in [-0.05, 0) is 46.9 Å². The van der Waals surface area contributed by atoms with Gasteiger partial charge in [0.1, 0.15) is 5.54 Å². The second kappa shape index (κ2) is 6.65. The molecule has 1 aromatic heterocycles. The maximum absolute atomic E-state index is 12.3. The average molecular weight is 342 g/mol. The van der Waals surface area contributed by atoms with E-state index >= 15 is 0 Å². The van der Waals surface area contributed by atoms with Crippen LogP contribution < -0.4 is 5.32 Å². The Morgan fingerprint density at radius 3 is 3.05 bits per heavy atom. The summed E-state index contributed by atoms with van der Waals surface area (Å²) in [4.78, 5) is 18.7. The summed E-state index contributed by atoms with van der Waals surface area (Å²) in [6.45, 7) is 2.00. The van der Waals surface area contributed by atoms with Gasteiger partial charge in [-0.1, -0.05) is 0 Å². The van der Waals surface area contributed by atoms with Crippen molar-refractivity contribution >= 4 is 21.8 Å². The molecule has 110 valence electrons. The average Bonchev–Trinajstić information content (AvgIpc) is 2.82. The fourth-order valence-electron chi connectivity index (χ4n) is 2.89. The normalized spacial score (nSPS) is 22.9. The molecule has 1 fully saturated rings. The van der Waals surface area contributed by atoms with E-state index in [1.807, 2.05) is 12.3 Å². The molecule has 0 aromatic carbocycles. The lowest BCUT2D eigenvalue weighted by atomic mass is 9.95. The molecule has 1 aromatic rings. The van der Waals surface area contributed by atoms with Gasteiger partial charge in [-0.25, -0.2) is 0 Å². The van der Waals surface area contributed by atoms with Crippen molar-refractivity contribution in [1.29, 1.82) is 0 Å². The number of hydrogen-bond donors (Lipinski definition) is 1. The van der Waals surface area contributed by atoms with Crippen molar-refractivity contribution in [3.05, 3.63) is 28.5 Å². The first-order valence-corrected chi connectivity index (χ1v) is 7.47. The van der Waals surface area contributed by atoms with Crippen LogP contribution in [-0.4, -0.2) is 48.6 Å². The Kier molecular flexibility index (Phi) is 5.12. The van der Waals surface area contributed by atoms with E-state index in [1.54, 1.807) is 20.4 Å². The molecule has 1 amide bonds. The molecule has 1 atom stereocenters. The number of nitrogens with one attached hydrogen (secondary N) is 1. The highest BCUT2D eigenvalue weighted by Gasteiger charge is 2.46.